The van der Waals surface area contributed by atoms with Crippen LogP contribution in [0.3, 0.4) is 0 Å². The molecule has 2 heterocycles. The van der Waals surface area contributed by atoms with Gasteiger partial charge in [-0.05, 0) is 47.4 Å². The van der Waals surface area contributed by atoms with E-state index in [4.69, 9.17) is 0 Å². The number of carbonyl (C=O) groups excluding carboxylic acids is 1. The van der Waals surface area contributed by atoms with Crippen LogP contribution < -0.4 is 10.0 Å². The Balaban J connectivity index is 1.48. The van der Waals surface area contributed by atoms with Gasteiger partial charge in [0.15, 0.2) is 0 Å². The molecular weight excluding hydrogens is 410 g/mol. The van der Waals surface area contributed by atoms with Gasteiger partial charge in [0.2, 0.25) is 10.0 Å². The molecule has 0 unspecified atom stereocenters. The molecule has 0 aliphatic carbocycles. The summed E-state index contributed by atoms with van der Waals surface area (Å²) in [5.41, 5.74) is 4.18. The van der Waals surface area contributed by atoms with Gasteiger partial charge in [-0.1, -0.05) is 48.5 Å². The molecule has 0 fully saturated rings. The third-order valence-corrected chi connectivity index (χ3v) is 6.64. The predicted molar refractivity (Wildman–Crippen MR) is 122 cm³/mol. The number of carbonyl (C=O) groups is 1. The van der Waals surface area contributed by atoms with Crippen molar-refractivity contribution < 1.29 is 13.2 Å². The molecule has 4 aromatic rings. The summed E-state index contributed by atoms with van der Waals surface area (Å²) in [4.78, 5) is 15.9. The van der Waals surface area contributed by atoms with E-state index in [1.165, 1.54) is 12.1 Å². The number of aromatic amines is 1. The third-order valence-electron chi connectivity index (χ3n) is 5.24. The number of sulfonamides is 1. The molecule has 5 rings (SSSR count). The first-order chi connectivity index (χ1) is 15.0. The highest BCUT2D eigenvalue weighted by atomic mass is 32.2. The molecule has 0 saturated heterocycles. The van der Waals surface area contributed by atoms with Crippen molar-refractivity contribution in [3.63, 3.8) is 0 Å². The Morgan fingerprint density at radius 1 is 0.903 bits per heavy atom. The minimum Gasteiger partial charge on any atom is -0.355 e. The van der Waals surface area contributed by atoms with Gasteiger partial charge >= 0.3 is 0 Å². The standard InChI is InChI=1S/C24H19N3O3S/c28-24-21(13-18-12-17-8-4-5-9-22(17)26-18)20-14-19(10-11-23(20)27-24)31(29,30)25-15-16-6-2-1-3-7-16/h1-14,25-26H,15H2,(H,27,28). The van der Waals surface area contributed by atoms with Crippen LogP contribution in [0.1, 0.15) is 16.8 Å². The average molecular weight is 430 g/mol. The molecule has 0 radical (unpaired) electrons. The van der Waals surface area contributed by atoms with E-state index in [-0.39, 0.29) is 17.3 Å². The lowest BCUT2D eigenvalue weighted by molar-refractivity contribution is -0.110. The van der Waals surface area contributed by atoms with Gasteiger partial charge in [-0.15, -0.1) is 0 Å². The fourth-order valence-electron chi connectivity index (χ4n) is 3.66. The van der Waals surface area contributed by atoms with Crippen LogP contribution >= 0.6 is 0 Å². The lowest BCUT2D eigenvalue weighted by Gasteiger charge is -2.08. The second-order valence-corrected chi connectivity index (χ2v) is 9.11. The van der Waals surface area contributed by atoms with Crippen molar-refractivity contribution in [3.8, 4) is 0 Å². The van der Waals surface area contributed by atoms with Gasteiger partial charge in [-0.25, -0.2) is 13.1 Å². The average Bonchev–Trinajstić information content (AvgIpc) is 3.33. The normalized spacial score (nSPS) is 14.7. The number of anilines is 1. The lowest BCUT2D eigenvalue weighted by Crippen LogP contribution is -2.23. The molecule has 1 amide bonds. The number of rotatable bonds is 5. The second kappa shape index (κ2) is 7.54. The van der Waals surface area contributed by atoms with Gasteiger partial charge in [-0.3, -0.25) is 4.79 Å². The number of fused-ring (bicyclic) bond motifs is 2. The molecule has 154 valence electrons. The van der Waals surface area contributed by atoms with Crippen LogP contribution in [-0.2, 0) is 21.4 Å². The molecule has 31 heavy (non-hydrogen) atoms. The molecule has 6 nitrogen and oxygen atoms in total. The van der Waals surface area contributed by atoms with Gasteiger partial charge in [0.05, 0.1) is 10.5 Å². The first-order valence-electron chi connectivity index (χ1n) is 9.78. The van der Waals surface area contributed by atoms with Crippen LogP contribution in [0.5, 0.6) is 0 Å². The fourth-order valence-corrected chi connectivity index (χ4v) is 4.71. The monoisotopic (exact) mass is 429 g/mol. The molecule has 0 saturated carbocycles. The van der Waals surface area contributed by atoms with E-state index >= 15 is 0 Å². The molecule has 0 spiro atoms. The Kier molecular flexibility index (Phi) is 4.69. The number of benzene rings is 3. The molecule has 0 atom stereocenters. The quantitative estimate of drug-likeness (QED) is 0.417. The van der Waals surface area contributed by atoms with E-state index in [0.717, 1.165) is 22.2 Å². The predicted octanol–water partition coefficient (Wildman–Crippen LogP) is 4.14. The van der Waals surface area contributed by atoms with Crippen LogP contribution in [0, 0.1) is 0 Å². The molecule has 0 bridgehead atoms. The van der Waals surface area contributed by atoms with Crippen molar-refractivity contribution in [3.05, 3.63) is 95.7 Å². The number of aromatic nitrogens is 1. The van der Waals surface area contributed by atoms with E-state index in [0.29, 0.717) is 16.8 Å². The van der Waals surface area contributed by atoms with Crippen LogP contribution in [0.4, 0.5) is 5.69 Å². The fraction of sp³-hybridized carbons (Fsp3) is 0.0417. The van der Waals surface area contributed by atoms with Crippen LogP contribution in [0.2, 0.25) is 0 Å². The maximum atomic E-state index is 12.8. The van der Waals surface area contributed by atoms with Crippen molar-refractivity contribution in [2.24, 2.45) is 0 Å². The first kappa shape index (κ1) is 19.3. The highest BCUT2D eigenvalue weighted by molar-refractivity contribution is 7.89. The summed E-state index contributed by atoms with van der Waals surface area (Å²) in [6.45, 7) is 0.190. The number of hydrogen-bond acceptors (Lipinski definition) is 3. The summed E-state index contributed by atoms with van der Waals surface area (Å²) in [6.07, 6.45) is 1.75. The topological polar surface area (TPSA) is 91.1 Å². The maximum Gasteiger partial charge on any atom is 0.256 e. The summed E-state index contributed by atoms with van der Waals surface area (Å²) in [5.74, 6) is -0.263. The van der Waals surface area contributed by atoms with Gasteiger partial charge in [0.25, 0.3) is 5.91 Å². The Bertz CT molecular complexity index is 1400. The largest absolute Gasteiger partial charge is 0.355 e. The van der Waals surface area contributed by atoms with Crippen molar-refractivity contribution >= 4 is 44.2 Å². The van der Waals surface area contributed by atoms with Crippen molar-refractivity contribution in [1.82, 2.24) is 9.71 Å². The minimum absolute atomic E-state index is 0.112. The van der Waals surface area contributed by atoms with E-state index in [1.807, 2.05) is 60.7 Å². The van der Waals surface area contributed by atoms with Crippen molar-refractivity contribution in [2.75, 3.05) is 5.32 Å². The zero-order valence-corrected chi connectivity index (χ0v) is 17.2. The highest BCUT2D eigenvalue weighted by Crippen LogP contribution is 2.35. The molecule has 1 aliphatic heterocycles. The molecule has 1 aliphatic rings. The molecule has 3 N–H and O–H groups in total. The summed E-state index contributed by atoms with van der Waals surface area (Å²) >= 11 is 0. The number of nitrogens with one attached hydrogen (secondary N) is 3. The Morgan fingerprint density at radius 2 is 1.68 bits per heavy atom. The summed E-state index contributed by atoms with van der Waals surface area (Å²) < 4.78 is 28.3. The molecular formula is C24H19N3O3S. The van der Waals surface area contributed by atoms with Crippen molar-refractivity contribution in [2.45, 2.75) is 11.4 Å². The smallest absolute Gasteiger partial charge is 0.256 e. The number of hydrogen-bond donors (Lipinski definition) is 3. The summed E-state index contributed by atoms with van der Waals surface area (Å²) in [5, 5.41) is 3.84. The van der Waals surface area contributed by atoms with E-state index in [1.54, 1.807) is 12.1 Å². The third kappa shape index (κ3) is 3.76. The molecule has 1 aromatic heterocycles. The summed E-state index contributed by atoms with van der Waals surface area (Å²) in [7, 11) is -3.74. The number of para-hydroxylation sites is 1. The van der Waals surface area contributed by atoms with Gasteiger partial charge < -0.3 is 10.3 Å². The Morgan fingerprint density at radius 3 is 2.48 bits per heavy atom. The van der Waals surface area contributed by atoms with Gasteiger partial charge in [0.1, 0.15) is 0 Å². The van der Waals surface area contributed by atoms with E-state index in [2.05, 4.69) is 15.0 Å². The Labute approximate surface area is 179 Å². The number of H-pyrrole nitrogens is 1. The number of amides is 1. The van der Waals surface area contributed by atoms with E-state index < -0.39 is 10.0 Å². The van der Waals surface area contributed by atoms with E-state index in [9.17, 15) is 13.2 Å². The minimum atomic E-state index is -3.74. The van der Waals surface area contributed by atoms with Crippen LogP contribution in [-0.4, -0.2) is 19.3 Å². The highest BCUT2D eigenvalue weighted by Gasteiger charge is 2.27. The van der Waals surface area contributed by atoms with Gasteiger partial charge in [0, 0.05) is 29.0 Å². The lowest BCUT2D eigenvalue weighted by atomic mass is 10.1. The first-order valence-corrected chi connectivity index (χ1v) is 11.3. The SMILES string of the molecule is O=C1Nc2ccc(S(=O)(=O)NCc3ccccc3)cc2C1=Cc1cc2ccccc2[nH]1. The summed E-state index contributed by atoms with van der Waals surface area (Å²) in [6, 6.07) is 23.8. The van der Waals surface area contributed by atoms with Crippen LogP contribution in [0.25, 0.3) is 22.6 Å². The zero-order chi connectivity index (χ0) is 21.4. The van der Waals surface area contributed by atoms with Gasteiger partial charge in [-0.2, -0.15) is 0 Å². The Hall–Kier alpha value is -3.68. The zero-order valence-electron chi connectivity index (χ0n) is 16.4. The van der Waals surface area contributed by atoms with Crippen LogP contribution in [0.15, 0.2) is 83.8 Å². The molecule has 3 aromatic carbocycles. The second-order valence-electron chi connectivity index (χ2n) is 7.34. The maximum absolute atomic E-state index is 12.8. The van der Waals surface area contributed by atoms with Crippen molar-refractivity contribution in [1.29, 1.82) is 0 Å². The molecule has 7 heteroatoms.